The second-order valence-electron chi connectivity index (χ2n) is 9.63. The maximum atomic E-state index is 13.1. The Kier molecular flexibility index (Phi) is 6.60. The molecule has 7 heteroatoms. The Morgan fingerprint density at radius 1 is 1.13 bits per heavy atom. The van der Waals surface area contributed by atoms with Gasteiger partial charge in [-0.15, -0.1) is 0 Å². The molecule has 2 aliphatic rings. The topological polar surface area (TPSA) is 71.1 Å². The molecular formula is C23H35N3O4. The summed E-state index contributed by atoms with van der Waals surface area (Å²) in [6.07, 6.45) is 3.38. The molecule has 1 N–H and O–H groups in total. The van der Waals surface area contributed by atoms with Crippen molar-refractivity contribution < 1.29 is 19.1 Å². The van der Waals surface area contributed by atoms with Crippen molar-refractivity contribution in [2.75, 3.05) is 34.0 Å². The average molecular weight is 418 g/mol. The fourth-order valence-corrected chi connectivity index (χ4v) is 4.42. The highest BCUT2D eigenvalue weighted by atomic mass is 16.5. The first kappa shape index (κ1) is 22.4. The smallest absolute Gasteiger partial charge is 0.326 e. The standard InChI is InChI=1S/C23H35N3O4/c1-22(2,3)17-10-12-23(13-11-17)20(27)26(21(28)24-23)16-25(4)14-15-30-19-8-6-18(29-5)7-9-19/h6-9,17H,10-16H2,1-5H3,(H,24,28). The maximum Gasteiger partial charge on any atom is 0.326 e. The Bertz CT molecular complexity index is 749. The molecule has 1 spiro atoms. The van der Waals surface area contributed by atoms with E-state index in [0.717, 1.165) is 37.2 Å². The molecule has 7 nitrogen and oxygen atoms in total. The van der Waals surface area contributed by atoms with Crippen LogP contribution in [-0.2, 0) is 4.79 Å². The predicted octanol–water partition coefficient (Wildman–Crippen LogP) is 3.49. The zero-order valence-corrected chi connectivity index (χ0v) is 18.9. The Labute approximate surface area is 179 Å². The van der Waals surface area contributed by atoms with E-state index >= 15 is 0 Å². The van der Waals surface area contributed by atoms with Crippen LogP contribution in [-0.4, -0.2) is 61.3 Å². The summed E-state index contributed by atoms with van der Waals surface area (Å²) in [4.78, 5) is 28.9. The lowest BCUT2D eigenvalue weighted by molar-refractivity contribution is -0.134. The zero-order valence-electron chi connectivity index (χ0n) is 18.9. The first-order chi connectivity index (χ1) is 14.1. The highest BCUT2D eigenvalue weighted by molar-refractivity contribution is 6.07. The lowest BCUT2D eigenvalue weighted by Gasteiger charge is -2.40. The molecule has 1 aliphatic carbocycles. The maximum absolute atomic E-state index is 13.1. The number of amides is 3. The lowest BCUT2D eigenvalue weighted by Crippen LogP contribution is -2.51. The van der Waals surface area contributed by atoms with Crippen LogP contribution in [0.15, 0.2) is 24.3 Å². The summed E-state index contributed by atoms with van der Waals surface area (Å²) in [5, 5.41) is 3.01. The molecule has 1 aromatic rings. The van der Waals surface area contributed by atoms with Crippen molar-refractivity contribution in [3.63, 3.8) is 0 Å². The van der Waals surface area contributed by atoms with E-state index in [1.807, 2.05) is 36.2 Å². The van der Waals surface area contributed by atoms with Crippen molar-refractivity contribution >= 4 is 11.9 Å². The van der Waals surface area contributed by atoms with Crippen LogP contribution in [0.2, 0.25) is 0 Å². The molecule has 3 rings (SSSR count). The van der Waals surface area contributed by atoms with Gasteiger partial charge in [0.2, 0.25) is 0 Å². The number of benzene rings is 1. The monoisotopic (exact) mass is 417 g/mol. The summed E-state index contributed by atoms with van der Waals surface area (Å²) >= 11 is 0. The van der Waals surface area contributed by atoms with E-state index in [1.54, 1.807) is 7.11 Å². The van der Waals surface area contributed by atoms with E-state index in [-0.39, 0.29) is 24.0 Å². The number of likely N-dealkylation sites (N-methyl/N-ethyl adjacent to an activating group) is 1. The van der Waals surface area contributed by atoms with Crippen LogP contribution < -0.4 is 14.8 Å². The lowest BCUT2D eigenvalue weighted by atomic mass is 9.67. The molecule has 3 amide bonds. The predicted molar refractivity (Wildman–Crippen MR) is 116 cm³/mol. The second kappa shape index (κ2) is 8.84. The Morgan fingerprint density at radius 3 is 2.30 bits per heavy atom. The minimum absolute atomic E-state index is 0.0808. The number of rotatable bonds is 7. The van der Waals surface area contributed by atoms with Gasteiger partial charge >= 0.3 is 6.03 Å². The molecule has 2 fully saturated rings. The van der Waals surface area contributed by atoms with Crippen molar-refractivity contribution in [1.82, 2.24) is 15.1 Å². The molecule has 1 saturated carbocycles. The number of hydrogen-bond acceptors (Lipinski definition) is 5. The third-order valence-electron chi connectivity index (χ3n) is 6.49. The van der Waals surface area contributed by atoms with Crippen molar-refractivity contribution in [2.45, 2.75) is 52.0 Å². The van der Waals surface area contributed by atoms with Gasteiger partial charge in [0.15, 0.2) is 0 Å². The van der Waals surface area contributed by atoms with Crippen molar-refractivity contribution in [3.8, 4) is 11.5 Å². The molecule has 30 heavy (non-hydrogen) atoms. The van der Waals surface area contributed by atoms with Gasteiger partial charge in [-0.1, -0.05) is 20.8 Å². The van der Waals surface area contributed by atoms with Gasteiger partial charge in [0.25, 0.3) is 5.91 Å². The van der Waals surface area contributed by atoms with Gasteiger partial charge in [-0.05, 0) is 68.3 Å². The molecule has 166 valence electrons. The summed E-state index contributed by atoms with van der Waals surface area (Å²) in [5.74, 6) is 2.04. The van der Waals surface area contributed by atoms with Crippen LogP contribution >= 0.6 is 0 Å². The number of carbonyl (C=O) groups excluding carboxylic acids is 2. The zero-order chi connectivity index (χ0) is 21.9. The molecule has 0 radical (unpaired) electrons. The number of methoxy groups -OCH3 is 1. The van der Waals surface area contributed by atoms with Gasteiger partial charge in [-0.3, -0.25) is 9.69 Å². The van der Waals surface area contributed by atoms with Crippen LogP contribution in [0.5, 0.6) is 11.5 Å². The van der Waals surface area contributed by atoms with E-state index in [1.165, 1.54) is 4.90 Å². The third kappa shape index (κ3) is 4.89. The van der Waals surface area contributed by atoms with Gasteiger partial charge < -0.3 is 14.8 Å². The molecule has 1 heterocycles. The first-order valence-corrected chi connectivity index (χ1v) is 10.7. The van der Waals surface area contributed by atoms with E-state index in [4.69, 9.17) is 9.47 Å². The summed E-state index contributed by atoms with van der Waals surface area (Å²) in [5.41, 5.74) is -0.476. The van der Waals surface area contributed by atoms with Crippen LogP contribution in [0, 0.1) is 11.3 Å². The number of carbonyl (C=O) groups is 2. The van der Waals surface area contributed by atoms with Crippen molar-refractivity contribution in [1.29, 1.82) is 0 Å². The van der Waals surface area contributed by atoms with Crippen LogP contribution in [0.3, 0.4) is 0 Å². The Morgan fingerprint density at radius 2 is 1.73 bits per heavy atom. The number of ether oxygens (including phenoxy) is 2. The number of nitrogens with one attached hydrogen (secondary N) is 1. The highest BCUT2D eigenvalue weighted by Crippen LogP contribution is 2.43. The summed E-state index contributed by atoms with van der Waals surface area (Å²) in [6.45, 7) is 8.08. The minimum Gasteiger partial charge on any atom is -0.497 e. The van der Waals surface area contributed by atoms with Crippen molar-refractivity contribution in [2.24, 2.45) is 11.3 Å². The van der Waals surface area contributed by atoms with E-state index in [0.29, 0.717) is 19.1 Å². The van der Waals surface area contributed by atoms with E-state index < -0.39 is 5.54 Å². The highest BCUT2D eigenvalue weighted by Gasteiger charge is 2.53. The first-order valence-electron chi connectivity index (χ1n) is 10.7. The number of imide groups is 1. The quantitative estimate of drug-likeness (QED) is 0.688. The SMILES string of the molecule is COc1ccc(OCCN(C)CN2C(=O)NC3(CCC(C(C)(C)C)CC3)C2=O)cc1. The van der Waals surface area contributed by atoms with Crippen LogP contribution in [0.4, 0.5) is 4.79 Å². The average Bonchev–Trinajstić information content (AvgIpc) is 2.92. The summed E-state index contributed by atoms with van der Waals surface area (Å²) in [6, 6.07) is 7.12. The van der Waals surface area contributed by atoms with Crippen molar-refractivity contribution in [3.05, 3.63) is 24.3 Å². The number of nitrogens with zero attached hydrogens (tertiary/aromatic N) is 2. The molecule has 1 saturated heterocycles. The molecule has 0 aromatic heterocycles. The fourth-order valence-electron chi connectivity index (χ4n) is 4.42. The second-order valence-corrected chi connectivity index (χ2v) is 9.63. The summed E-state index contributed by atoms with van der Waals surface area (Å²) < 4.78 is 10.9. The normalized spacial score (nSPS) is 24.5. The Balaban J connectivity index is 1.49. The van der Waals surface area contributed by atoms with E-state index in [9.17, 15) is 9.59 Å². The Hall–Kier alpha value is -2.28. The molecular weight excluding hydrogens is 382 g/mol. The molecule has 1 aliphatic heterocycles. The van der Waals surface area contributed by atoms with Gasteiger partial charge in [-0.25, -0.2) is 9.69 Å². The van der Waals surface area contributed by atoms with Gasteiger partial charge in [0.1, 0.15) is 23.6 Å². The molecule has 1 aromatic carbocycles. The molecule has 0 bridgehead atoms. The van der Waals surface area contributed by atoms with Gasteiger partial charge in [0, 0.05) is 6.54 Å². The summed E-state index contributed by atoms with van der Waals surface area (Å²) in [7, 11) is 3.51. The van der Waals surface area contributed by atoms with E-state index in [2.05, 4.69) is 26.1 Å². The third-order valence-corrected chi connectivity index (χ3v) is 6.49. The largest absolute Gasteiger partial charge is 0.497 e. The molecule has 0 atom stereocenters. The van der Waals surface area contributed by atoms with Crippen LogP contribution in [0.25, 0.3) is 0 Å². The minimum atomic E-state index is -0.709. The fraction of sp³-hybridized carbons (Fsp3) is 0.652. The number of urea groups is 1. The van der Waals surface area contributed by atoms with Gasteiger partial charge in [0.05, 0.1) is 13.8 Å². The van der Waals surface area contributed by atoms with Crippen LogP contribution in [0.1, 0.15) is 46.5 Å². The molecule has 0 unspecified atom stereocenters. The van der Waals surface area contributed by atoms with Gasteiger partial charge in [-0.2, -0.15) is 0 Å². The number of hydrogen-bond donors (Lipinski definition) is 1.